The van der Waals surface area contributed by atoms with Gasteiger partial charge < -0.3 is 4.42 Å². The molecule has 0 bridgehead atoms. The van der Waals surface area contributed by atoms with Gasteiger partial charge in [-0.05, 0) is 49.4 Å². The third-order valence-electron chi connectivity index (χ3n) is 4.23. The fraction of sp³-hybridized carbons (Fsp3) is 0.158. The number of aliphatic imine (C=N–C) groups is 1. The van der Waals surface area contributed by atoms with E-state index in [1.165, 1.54) is 34.1 Å². The van der Waals surface area contributed by atoms with Crippen LogP contribution in [0.5, 0.6) is 0 Å². The van der Waals surface area contributed by atoms with Crippen LogP contribution in [0.3, 0.4) is 0 Å². The van der Waals surface area contributed by atoms with E-state index in [1.54, 1.807) is 44.3 Å². The highest BCUT2D eigenvalue weighted by Gasteiger charge is 2.31. The number of nitro groups is 1. The Bertz CT molecular complexity index is 1230. The fourth-order valence-corrected chi connectivity index (χ4v) is 4.34. The molecule has 1 saturated heterocycles. The standard InChI is InChI=1S/C19H15N5O4S2/c1-10-4-6-13(14(8-10)24(26)27)15-7-5-12(28-15)9-16-17(25)23(3)19(30-16)20-18-22-21-11(2)29-18/h4-9H,1-3H3/b16-9+,20-19+. The number of furan rings is 1. The average Bonchev–Trinajstić information content (AvgIpc) is 3.39. The lowest BCUT2D eigenvalue weighted by atomic mass is 10.1. The molecule has 9 nitrogen and oxygen atoms in total. The van der Waals surface area contributed by atoms with Crippen molar-refractivity contribution in [2.45, 2.75) is 13.8 Å². The second-order valence-electron chi connectivity index (χ2n) is 6.45. The second kappa shape index (κ2) is 7.84. The van der Waals surface area contributed by atoms with Gasteiger partial charge in [-0.3, -0.25) is 19.8 Å². The van der Waals surface area contributed by atoms with E-state index in [4.69, 9.17) is 4.42 Å². The number of nitro benzene ring substituents is 1. The molecule has 11 heteroatoms. The minimum Gasteiger partial charge on any atom is -0.456 e. The van der Waals surface area contributed by atoms with E-state index in [1.807, 2.05) is 6.92 Å². The maximum Gasteiger partial charge on any atom is 0.280 e. The Kier molecular flexibility index (Phi) is 5.22. The highest BCUT2D eigenvalue weighted by atomic mass is 32.2. The summed E-state index contributed by atoms with van der Waals surface area (Å²) in [6.45, 7) is 3.62. The molecule has 2 aromatic heterocycles. The summed E-state index contributed by atoms with van der Waals surface area (Å²) < 4.78 is 5.78. The van der Waals surface area contributed by atoms with Gasteiger partial charge in [-0.2, -0.15) is 4.99 Å². The summed E-state index contributed by atoms with van der Waals surface area (Å²) in [5.74, 6) is 0.548. The first-order valence-corrected chi connectivity index (χ1v) is 10.4. The van der Waals surface area contributed by atoms with Gasteiger partial charge >= 0.3 is 0 Å². The molecule has 3 heterocycles. The Balaban J connectivity index is 1.63. The van der Waals surface area contributed by atoms with Gasteiger partial charge in [0.15, 0.2) is 5.17 Å². The van der Waals surface area contributed by atoms with E-state index in [0.29, 0.717) is 32.3 Å². The summed E-state index contributed by atoms with van der Waals surface area (Å²) in [7, 11) is 1.63. The highest BCUT2D eigenvalue weighted by Crippen LogP contribution is 2.36. The molecule has 1 amide bonds. The lowest BCUT2D eigenvalue weighted by Crippen LogP contribution is -2.23. The molecule has 4 rings (SSSR count). The Morgan fingerprint density at radius 1 is 1.23 bits per heavy atom. The van der Waals surface area contributed by atoms with Crippen LogP contribution in [-0.4, -0.2) is 38.1 Å². The zero-order valence-corrected chi connectivity index (χ0v) is 17.8. The summed E-state index contributed by atoms with van der Waals surface area (Å²) in [4.78, 5) is 29.7. The van der Waals surface area contributed by atoms with E-state index in [0.717, 1.165) is 10.6 Å². The molecule has 3 aromatic rings. The van der Waals surface area contributed by atoms with Crippen molar-refractivity contribution in [1.82, 2.24) is 15.1 Å². The zero-order valence-electron chi connectivity index (χ0n) is 16.1. The van der Waals surface area contributed by atoms with Gasteiger partial charge in [0.05, 0.1) is 15.4 Å². The van der Waals surface area contributed by atoms with Gasteiger partial charge in [0.1, 0.15) is 16.5 Å². The average molecular weight is 441 g/mol. The number of amidine groups is 1. The Hall–Kier alpha value is -3.31. The number of benzene rings is 1. The van der Waals surface area contributed by atoms with Crippen LogP contribution in [-0.2, 0) is 4.79 Å². The van der Waals surface area contributed by atoms with Gasteiger partial charge in [-0.25, -0.2) is 0 Å². The number of carbonyl (C=O) groups excluding carboxylic acids is 1. The number of aromatic nitrogens is 2. The van der Waals surface area contributed by atoms with Crippen molar-refractivity contribution in [3.05, 3.63) is 61.7 Å². The number of hydrogen-bond acceptors (Lipinski definition) is 9. The van der Waals surface area contributed by atoms with Crippen molar-refractivity contribution in [2.24, 2.45) is 4.99 Å². The van der Waals surface area contributed by atoms with Crippen LogP contribution in [0, 0.1) is 24.0 Å². The lowest BCUT2D eigenvalue weighted by molar-refractivity contribution is -0.384. The monoisotopic (exact) mass is 441 g/mol. The van der Waals surface area contributed by atoms with Crippen molar-refractivity contribution in [3.63, 3.8) is 0 Å². The Morgan fingerprint density at radius 3 is 2.73 bits per heavy atom. The van der Waals surface area contributed by atoms with E-state index in [-0.39, 0.29) is 11.6 Å². The largest absolute Gasteiger partial charge is 0.456 e. The highest BCUT2D eigenvalue weighted by molar-refractivity contribution is 8.18. The first kappa shape index (κ1) is 20.0. The molecular weight excluding hydrogens is 426 g/mol. The molecular formula is C19H15N5O4S2. The smallest absolute Gasteiger partial charge is 0.280 e. The fourth-order valence-electron chi connectivity index (χ4n) is 2.77. The first-order valence-electron chi connectivity index (χ1n) is 8.73. The van der Waals surface area contributed by atoms with Crippen LogP contribution in [0.2, 0.25) is 0 Å². The first-order chi connectivity index (χ1) is 14.3. The molecule has 0 aliphatic carbocycles. The predicted octanol–water partition coefficient (Wildman–Crippen LogP) is 4.56. The predicted molar refractivity (Wildman–Crippen MR) is 116 cm³/mol. The maximum absolute atomic E-state index is 12.6. The molecule has 0 atom stereocenters. The van der Waals surface area contributed by atoms with Gasteiger partial charge in [0, 0.05) is 19.2 Å². The third-order valence-corrected chi connectivity index (χ3v) is 6.02. The number of aryl methyl sites for hydroxylation is 2. The molecule has 0 radical (unpaired) electrons. The molecule has 0 unspecified atom stereocenters. The number of rotatable bonds is 4. The molecule has 152 valence electrons. The number of amides is 1. The number of nitrogens with zero attached hydrogens (tertiary/aromatic N) is 5. The quantitative estimate of drug-likeness (QED) is 0.331. The summed E-state index contributed by atoms with van der Waals surface area (Å²) in [5.41, 5.74) is 1.14. The maximum atomic E-state index is 12.6. The minimum absolute atomic E-state index is 0.0311. The number of hydrogen-bond donors (Lipinski definition) is 0. The summed E-state index contributed by atoms with van der Waals surface area (Å²) >= 11 is 2.53. The van der Waals surface area contributed by atoms with Gasteiger partial charge in [-0.15, -0.1) is 10.2 Å². The zero-order chi connectivity index (χ0) is 21.4. The van der Waals surface area contributed by atoms with Gasteiger partial charge in [0.2, 0.25) is 5.13 Å². The van der Waals surface area contributed by atoms with E-state index in [9.17, 15) is 14.9 Å². The van der Waals surface area contributed by atoms with Crippen LogP contribution in [0.15, 0.2) is 44.6 Å². The van der Waals surface area contributed by atoms with Crippen molar-refractivity contribution in [2.75, 3.05) is 7.05 Å². The molecule has 1 aliphatic heterocycles. The Labute approximate surface area is 179 Å². The van der Waals surface area contributed by atoms with Gasteiger partial charge in [-0.1, -0.05) is 17.4 Å². The molecule has 0 N–H and O–H groups in total. The molecule has 0 saturated carbocycles. The van der Waals surface area contributed by atoms with Crippen LogP contribution < -0.4 is 0 Å². The van der Waals surface area contributed by atoms with E-state index < -0.39 is 4.92 Å². The van der Waals surface area contributed by atoms with Crippen molar-refractivity contribution in [3.8, 4) is 11.3 Å². The summed E-state index contributed by atoms with van der Waals surface area (Å²) in [5, 5.41) is 21.0. The van der Waals surface area contributed by atoms with Crippen LogP contribution in [0.4, 0.5) is 10.8 Å². The SMILES string of the molecule is Cc1ccc(-c2ccc(/C=C3/S/C(=N/c4nnc(C)s4)N(C)C3=O)o2)c([N+](=O)[O-])c1. The molecule has 0 spiro atoms. The lowest BCUT2D eigenvalue weighted by Gasteiger charge is -2.05. The molecule has 1 aromatic carbocycles. The molecule has 30 heavy (non-hydrogen) atoms. The van der Waals surface area contributed by atoms with Crippen molar-refractivity contribution >= 4 is 51.1 Å². The second-order valence-corrected chi connectivity index (χ2v) is 8.62. The normalized spacial score (nSPS) is 16.8. The summed E-state index contributed by atoms with van der Waals surface area (Å²) in [6, 6.07) is 8.26. The third kappa shape index (κ3) is 3.89. The van der Waals surface area contributed by atoms with Crippen molar-refractivity contribution in [1.29, 1.82) is 0 Å². The van der Waals surface area contributed by atoms with Crippen LogP contribution in [0.25, 0.3) is 17.4 Å². The van der Waals surface area contributed by atoms with E-state index in [2.05, 4.69) is 15.2 Å². The molecule has 1 aliphatic rings. The number of carbonyl (C=O) groups is 1. The van der Waals surface area contributed by atoms with E-state index >= 15 is 0 Å². The minimum atomic E-state index is -0.438. The van der Waals surface area contributed by atoms with Crippen molar-refractivity contribution < 1.29 is 14.1 Å². The Morgan fingerprint density at radius 2 is 2.03 bits per heavy atom. The molecule has 1 fully saturated rings. The number of thioether (sulfide) groups is 1. The topological polar surface area (TPSA) is 115 Å². The number of likely N-dealkylation sites (N-methyl/N-ethyl adjacent to an activating group) is 1. The summed E-state index contributed by atoms with van der Waals surface area (Å²) in [6.07, 6.45) is 1.60. The van der Waals surface area contributed by atoms with Crippen LogP contribution in [0.1, 0.15) is 16.3 Å². The van der Waals surface area contributed by atoms with Gasteiger partial charge in [0.25, 0.3) is 11.6 Å². The van der Waals surface area contributed by atoms with Crippen LogP contribution >= 0.6 is 23.1 Å².